The van der Waals surface area contributed by atoms with Crippen LogP contribution in [0.5, 0.6) is 0 Å². The van der Waals surface area contributed by atoms with Crippen molar-refractivity contribution in [2.24, 2.45) is 5.92 Å². The van der Waals surface area contributed by atoms with Crippen molar-refractivity contribution in [2.45, 2.75) is 38.6 Å². The van der Waals surface area contributed by atoms with E-state index in [0.717, 1.165) is 4.90 Å². The molecule has 1 N–H and O–H groups in total. The maximum Gasteiger partial charge on any atom is 0.249 e. The van der Waals surface area contributed by atoms with Gasteiger partial charge in [0.2, 0.25) is 23.6 Å². The zero-order valence-corrected chi connectivity index (χ0v) is 13.6. The van der Waals surface area contributed by atoms with E-state index in [2.05, 4.69) is 27.1 Å². The van der Waals surface area contributed by atoms with Crippen LogP contribution in [0.2, 0.25) is 0 Å². The number of aryl methyl sites for hydroxylation is 1. The number of hydrogen-bond donors (Lipinski definition) is 1. The Kier molecular flexibility index (Phi) is 4.57. The number of aromatic nitrogens is 2. The third-order valence-electron chi connectivity index (χ3n) is 4.16. The van der Waals surface area contributed by atoms with Crippen LogP contribution in [0.1, 0.15) is 37.1 Å². The van der Waals surface area contributed by atoms with Crippen molar-refractivity contribution >= 4 is 23.6 Å². The van der Waals surface area contributed by atoms with Gasteiger partial charge in [0, 0.05) is 31.7 Å². The number of carbonyl (C=O) groups excluding carboxylic acids is 4. The van der Waals surface area contributed by atoms with Gasteiger partial charge in [0.15, 0.2) is 0 Å². The highest BCUT2D eigenvalue weighted by Gasteiger charge is 2.45. The molecule has 2 fully saturated rings. The minimum atomic E-state index is -0.902. The second-order valence-corrected chi connectivity index (χ2v) is 5.99. The fourth-order valence-electron chi connectivity index (χ4n) is 2.86. The first-order valence-corrected chi connectivity index (χ1v) is 7.93. The Hall–Kier alpha value is -3.08. The number of rotatable bonds is 2. The van der Waals surface area contributed by atoms with Crippen molar-refractivity contribution < 1.29 is 19.2 Å². The maximum absolute atomic E-state index is 12.5. The van der Waals surface area contributed by atoms with Gasteiger partial charge in [-0.1, -0.05) is 11.8 Å². The van der Waals surface area contributed by atoms with Gasteiger partial charge in [-0.2, -0.15) is 0 Å². The van der Waals surface area contributed by atoms with Crippen LogP contribution in [0.3, 0.4) is 0 Å². The van der Waals surface area contributed by atoms with E-state index < -0.39 is 29.7 Å². The lowest BCUT2D eigenvalue weighted by molar-refractivity contribution is -0.151. The van der Waals surface area contributed by atoms with Gasteiger partial charge >= 0.3 is 0 Å². The molecule has 0 radical (unpaired) electrons. The molecule has 0 bridgehead atoms. The van der Waals surface area contributed by atoms with E-state index in [1.807, 2.05) is 0 Å². The summed E-state index contributed by atoms with van der Waals surface area (Å²) in [5, 5.41) is 2.17. The fraction of sp³-hybridized carbons (Fsp3) is 0.412. The van der Waals surface area contributed by atoms with Gasteiger partial charge < -0.3 is 0 Å². The topological polar surface area (TPSA) is 109 Å². The molecule has 4 amide bonds. The number of amides is 4. The van der Waals surface area contributed by atoms with Gasteiger partial charge in [0.1, 0.15) is 11.9 Å². The highest BCUT2D eigenvalue weighted by atomic mass is 16.2. The van der Waals surface area contributed by atoms with Crippen LogP contribution < -0.4 is 5.32 Å². The van der Waals surface area contributed by atoms with Gasteiger partial charge in [-0.3, -0.25) is 29.4 Å². The number of likely N-dealkylation sites (tertiary alicyclic amines) is 1. The smallest absolute Gasteiger partial charge is 0.249 e. The molecule has 2 aliphatic heterocycles. The first-order valence-electron chi connectivity index (χ1n) is 7.93. The molecule has 0 aromatic carbocycles. The average molecular weight is 340 g/mol. The van der Waals surface area contributed by atoms with Crippen LogP contribution in [0.25, 0.3) is 0 Å². The van der Waals surface area contributed by atoms with E-state index in [1.54, 1.807) is 19.3 Å². The Balaban J connectivity index is 1.66. The molecule has 1 aromatic rings. The summed E-state index contributed by atoms with van der Waals surface area (Å²) >= 11 is 0. The van der Waals surface area contributed by atoms with Crippen LogP contribution in [-0.4, -0.2) is 44.5 Å². The molecule has 2 aliphatic rings. The minimum Gasteiger partial charge on any atom is -0.295 e. The largest absolute Gasteiger partial charge is 0.295 e. The molecule has 0 aliphatic carbocycles. The molecular weight excluding hydrogens is 324 g/mol. The van der Waals surface area contributed by atoms with Gasteiger partial charge in [-0.25, -0.2) is 9.97 Å². The number of carbonyl (C=O) groups is 4. The van der Waals surface area contributed by atoms with Crippen molar-refractivity contribution in [3.05, 3.63) is 23.8 Å². The molecule has 3 rings (SSSR count). The SMILES string of the molecule is Cc1ncc(C#CCC2CC(=O)N(C3CCC(=O)NC3=O)C2=O)cn1. The summed E-state index contributed by atoms with van der Waals surface area (Å²) in [4.78, 5) is 56.8. The third kappa shape index (κ3) is 3.55. The lowest BCUT2D eigenvalue weighted by Gasteiger charge is -2.28. The second kappa shape index (κ2) is 6.81. The van der Waals surface area contributed by atoms with Crippen molar-refractivity contribution in [3.63, 3.8) is 0 Å². The Labute approximate surface area is 144 Å². The van der Waals surface area contributed by atoms with Gasteiger partial charge in [0.05, 0.1) is 11.5 Å². The van der Waals surface area contributed by atoms with Gasteiger partial charge in [-0.15, -0.1) is 0 Å². The van der Waals surface area contributed by atoms with E-state index in [-0.39, 0.29) is 31.6 Å². The monoisotopic (exact) mass is 340 g/mol. The molecule has 2 saturated heterocycles. The van der Waals surface area contributed by atoms with Gasteiger partial charge in [0.25, 0.3) is 0 Å². The highest BCUT2D eigenvalue weighted by molar-refractivity contribution is 6.09. The Morgan fingerprint density at radius 2 is 1.96 bits per heavy atom. The molecule has 0 saturated carbocycles. The maximum atomic E-state index is 12.5. The molecule has 128 valence electrons. The van der Waals surface area contributed by atoms with E-state index in [0.29, 0.717) is 11.4 Å². The standard InChI is InChI=1S/C17H16N4O4/c1-10-18-8-11(9-19-10)3-2-4-12-7-15(23)21(17(12)25)13-5-6-14(22)20-16(13)24/h8-9,12-13H,4-7H2,1H3,(H,20,22,24). The van der Waals surface area contributed by atoms with Crippen molar-refractivity contribution in [2.75, 3.05) is 0 Å². The van der Waals surface area contributed by atoms with Crippen molar-refractivity contribution in [3.8, 4) is 11.8 Å². The number of piperidine rings is 1. The summed E-state index contributed by atoms with van der Waals surface area (Å²) in [7, 11) is 0. The normalized spacial score (nSPS) is 23.3. The molecule has 25 heavy (non-hydrogen) atoms. The Bertz CT molecular complexity index is 806. The number of nitrogens with zero attached hydrogens (tertiary/aromatic N) is 3. The van der Waals surface area contributed by atoms with E-state index in [4.69, 9.17) is 0 Å². The van der Waals surface area contributed by atoms with Crippen LogP contribution in [-0.2, 0) is 19.2 Å². The summed E-state index contributed by atoms with van der Waals surface area (Å²) in [5.41, 5.74) is 0.629. The van der Waals surface area contributed by atoms with Crippen LogP contribution in [0, 0.1) is 24.7 Å². The lowest BCUT2D eigenvalue weighted by atomic mass is 10.0. The predicted octanol–water partition coefficient (Wildman–Crippen LogP) is -0.293. The summed E-state index contributed by atoms with van der Waals surface area (Å²) in [6.07, 6.45) is 3.70. The molecule has 3 heterocycles. The summed E-state index contributed by atoms with van der Waals surface area (Å²) < 4.78 is 0. The van der Waals surface area contributed by atoms with E-state index in [1.165, 1.54) is 0 Å². The first kappa shape index (κ1) is 16.8. The van der Waals surface area contributed by atoms with Crippen molar-refractivity contribution in [1.82, 2.24) is 20.2 Å². The second-order valence-electron chi connectivity index (χ2n) is 5.99. The molecule has 1 aromatic heterocycles. The quantitative estimate of drug-likeness (QED) is 0.585. The predicted molar refractivity (Wildman–Crippen MR) is 84.4 cm³/mol. The molecule has 0 spiro atoms. The van der Waals surface area contributed by atoms with Crippen molar-refractivity contribution in [1.29, 1.82) is 0 Å². The molecule has 8 heteroatoms. The fourth-order valence-corrected chi connectivity index (χ4v) is 2.86. The Morgan fingerprint density at radius 3 is 2.64 bits per heavy atom. The molecule has 2 atom stereocenters. The molecular formula is C17H16N4O4. The third-order valence-corrected chi connectivity index (χ3v) is 4.16. The lowest BCUT2D eigenvalue weighted by Crippen LogP contribution is -2.54. The van der Waals surface area contributed by atoms with Gasteiger partial charge in [-0.05, 0) is 13.3 Å². The highest BCUT2D eigenvalue weighted by Crippen LogP contribution is 2.27. The molecule has 2 unspecified atom stereocenters. The van der Waals surface area contributed by atoms with E-state index >= 15 is 0 Å². The number of hydrogen-bond acceptors (Lipinski definition) is 6. The number of imide groups is 2. The zero-order valence-electron chi connectivity index (χ0n) is 13.6. The van der Waals surface area contributed by atoms with Crippen LogP contribution in [0.15, 0.2) is 12.4 Å². The van der Waals surface area contributed by atoms with Crippen LogP contribution >= 0.6 is 0 Å². The average Bonchev–Trinajstić information content (AvgIpc) is 2.84. The first-order chi connectivity index (χ1) is 12.0. The van der Waals surface area contributed by atoms with Crippen LogP contribution in [0.4, 0.5) is 0 Å². The summed E-state index contributed by atoms with van der Waals surface area (Å²) in [5.74, 6) is 4.01. The number of nitrogens with one attached hydrogen (secondary N) is 1. The zero-order chi connectivity index (χ0) is 18.0. The molecule has 8 nitrogen and oxygen atoms in total. The minimum absolute atomic E-state index is 0.0234. The Morgan fingerprint density at radius 1 is 1.24 bits per heavy atom. The summed E-state index contributed by atoms with van der Waals surface area (Å²) in [6.45, 7) is 1.77. The van der Waals surface area contributed by atoms with E-state index in [9.17, 15) is 19.2 Å². The summed E-state index contributed by atoms with van der Waals surface area (Å²) in [6, 6.07) is -0.902.